The van der Waals surface area contributed by atoms with E-state index in [9.17, 15) is 10.1 Å². The number of rotatable bonds is 2. The van der Waals surface area contributed by atoms with Crippen molar-refractivity contribution in [2.45, 2.75) is 0 Å². The predicted octanol–water partition coefficient (Wildman–Crippen LogP) is 0.570. The molecule has 2 aromatic rings. The van der Waals surface area contributed by atoms with Crippen molar-refractivity contribution >= 4 is 5.82 Å². The summed E-state index contributed by atoms with van der Waals surface area (Å²) in [4.78, 5) is 17.4. The highest BCUT2D eigenvalue weighted by molar-refractivity contribution is 5.23. The number of hydrogen-bond acceptors (Lipinski definition) is 5. The Kier molecular flexibility index (Phi) is 1.90. The Labute approximate surface area is 78.2 Å². The van der Waals surface area contributed by atoms with Crippen LogP contribution in [0, 0.1) is 10.1 Å². The Morgan fingerprint density at radius 2 is 2.29 bits per heavy atom. The molecule has 0 spiro atoms. The van der Waals surface area contributed by atoms with Crippen LogP contribution in [-0.2, 0) is 0 Å². The van der Waals surface area contributed by atoms with Crippen LogP contribution in [0.15, 0.2) is 30.9 Å². The zero-order chi connectivity index (χ0) is 9.97. The molecular formula is C7H5N5O2. The molecule has 2 heterocycles. The molecule has 0 unspecified atom stereocenters. The van der Waals surface area contributed by atoms with Gasteiger partial charge in [0.05, 0.1) is 17.4 Å². The fraction of sp³-hybridized carbons (Fsp3) is 0. The van der Waals surface area contributed by atoms with Crippen molar-refractivity contribution in [1.82, 2.24) is 19.7 Å². The van der Waals surface area contributed by atoms with E-state index in [4.69, 9.17) is 0 Å². The van der Waals surface area contributed by atoms with Crippen molar-refractivity contribution in [1.29, 1.82) is 0 Å². The Balaban J connectivity index is 2.39. The molecule has 0 amide bonds. The van der Waals surface area contributed by atoms with E-state index in [1.54, 1.807) is 6.07 Å². The van der Waals surface area contributed by atoms with E-state index >= 15 is 0 Å². The van der Waals surface area contributed by atoms with Gasteiger partial charge in [-0.1, -0.05) is 0 Å². The van der Waals surface area contributed by atoms with Crippen molar-refractivity contribution in [2.24, 2.45) is 0 Å². The smallest absolute Gasteiger partial charge is 0.358 e. The van der Waals surface area contributed by atoms with Crippen molar-refractivity contribution in [2.75, 3.05) is 0 Å². The average Bonchev–Trinajstić information content (AvgIpc) is 2.68. The van der Waals surface area contributed by atoms with Gasteiger partial charge >= 0.3 is 5.82 Å². The van der Waals surface area contributed by atoms with E-state index in [1.165, 1.54) is 29.5 Å². The molecule has 0 aliphatic rings. The van der Waals surface area contributed by atoms with Crippen molar-refractivity contribution < 1.29 is 4.92 Å². The summed E-state index contributed by atoms with van der Waals surface area (Å²) < 4.78 is 1.32. The van der Waals surface area contributed by atoms with Crippen LogP contribution in [-0.4, -0.2) is 24.7 Å². The maximum Gasteiger partial charge on any atom is 0.390 e. The van der Waals surface area contributed by atoms with E-state index in [0.29, 0.717) is 5.82 Å². The minimum absolute atomic E-state index is 0.205. The van der Waals surface area contributed by atoms with Crippen LogP contribution < -0.4 is 0 Å². The van der Waals surface area contributed by atoms with Crippen LogP contribution in [0.1, 0.15) is 0 Å². The molecule has 0 saturated heterocycles. The lowest BCUT2D eigenvalue weighted by molar-refractivity contribution is -0.389. The molecule has 0 radical (unpaired) electrons. The standard InChI is InChI=1S/C7H5N5O2/c13-12(14)7-2-4-11(10-7)6-1-3-8-5-9-6/h1-5H. The third kappa shape index (κ3) is 1.42. The van der Waals surface area contributed by atoms with Gasteiger partial charge in [-0.05, 0) is 4.92 Å². The van der Waals surface area contributed by atoms with Gasteiger partial charge in [-0.15, -0.1) is 4.68 Å². The molecule has 2 aromatic heterocycles. The Morgan fingerprint density at radius 3 is 2.86 bits per heavy atom. The van der Waals surface area contributed by atoms with Crippen LogP contribution in [0.25, 0.3) is 5.82 Å². The van der Waals surface area contributed by atoms with Gasteiger partial charge in [-0.25, -0.2) is 9.97 Å². The molecule has 7 nitrogen and oxygen atoms in total. The molecule has 0 aliphatic carbocycles. The molecule has 0 fully saturated rings. The van der Waals surface area contributed by atoms with Gasteiger partial charge in [0, 0.05) is 12.3 Å². The van der Waals surface area contributed by atoms with E-state index in [1.807, 2.05) is 0 Å². The third-order valence-electron chi connectivity index (χ3n) is 1.56. The fourth-order valence-electron chi connectivity index (χ4n) is 0.959. The predicted molar refractivity (Wildman–Crippen MR) is 45.8 cm³/mol. The molecule has 70 valence electrons. The van der Waals surface area contributed by atoms with E-state index in [-0.39, 0.29) is 5.82 Å². The van der Waals surface area contributed by atoms with Crippen LogP contribution in [0.3, 0.4) is 0 Å². The first-order valence-electron chi connectivity index (χ1n) is 3.74. The molecule has 0 aliphatic heterocycles. The van der Waals surface area contributed by atoms with Crippen LogP contribution in [0.4, 0.5) is 5.82 Å². The minimum Gasteiger partial charge on any atom is -0.358 e. The van der Waals surface area contributed by atoms with Gasteiger partial charge in [-0.3, -0.25) is 0 Å². The fourth-order valence-corrected chi connectivity index (χ4v) is 0.959. The highest BCUT2D eigenvalue weighted by Crippen LogP contribution is 2.08. The molecule has 0 atom stereocenters. The summed E-state index contributed by atoms with van der Waals surface area (Å²) in [5.41, 5.74) is 0. The van der Waals surface area contributed by atoms with Gasteiger partial charge in [0.15, 0.2) is 5.82 Å². The van der Waals surface area contributed by atoms with E-state index in [0.717, 1.165) is 0 Å². The first kappa shape index (κ1) is 8.30. The molecule has 0 aromatic carbocycles. The maximum absolute atomic E-state index is 10.3. The summed E-state index contributed by atoms with van der Waals surface area (Å²) >= 11 is 0. The summed E-state index contributed by atoms with van der Waals surface area (Å²) in [6, 6.07) is 2.92. The summed E-state index contributed by atoms with van der Waals surface area (Å²) in [7, 11) is 0. The SMILES string of the molecule is O=[N+]([O-])c1ccn(-c2ccncn2)n1. The molecule has 0 N–H and O–H groups in total. The average molecular weight is 191 g/mol. The number of aromatic nitrogens is 4. The quantitative estimate of drug-likeness (QED) is 0.511. The number of nitrogens with zero attached hydrogens (tertiary/aromatic N) is 5. The molecule has 0 bridgehead atoms. The second-order valence-electron chi connectivity index (χ2n) is 2.44. The van der Waals surface area contributed by atoms with Crippen LogP contribution in [0.5, 0.6) is 0 Å². The van der Waals surface area contributed by atoms with Gasteiger partial charge in [0.2, 0.25) is 0 Å². The second-order valence-corrected chi connectivity index (χ2v) is 2.44. The largest absolute Gasteiger partial charge is 0.390 e. The zero-order valence-electron chi connectivity index (χ0n) is 6.94. The van der Waals surface area contributed by atoms with Crippen molar-refractivity contribution in [3.63, 3.8) is 0 Å². The Hall–Kier alpha value is -2.31. The van der Waals surface area contributed by atoms with Crippen molar-refractivity contribution in [3.05, 3.63) is 41.0 Å². The lowest BCUT2D eigenvalue weighted by atomic mass is 10.6. The monoisotopic (exact) mass is 191 g/mol. The highest BCUT2D eigenvalue weighted by atomic mass is 16.6. The topological polar surface area (TPSA) is 86.7 Å². The Morgan fingerprint density at radius 1 is 1.43 bits per heavy atom. The molecule has 7 heteroatoms. The lowest BCUT2D eigenvalue weighted by Crippen LogP contribution is -1.99. The third-order valence-corrected chi connectivity index (χ3v) is 1.56. The Bertz CT molecular complexity index is 452. The molecular weight excluding hydrogens is 186 g/mol. The number of hydrogen-bond donors (Lipinski definition) is 0. The number of nitro groups is 1. The molecule has 0 saturated carbocycles. The summed E-state index contributed by atoms with van der Waals surface area (Å²) in [6.07, 6.45) is 4.36. The van der Waals surface area contributed by atoms with Gasteiger partial charge < -0.3 is 10.1 Å². The van der Waals surface area contributed by atoms with Gasteiger partial charge in [0.1, 0.15) is 6.33 Å². The molecule has 2 rings (SSSR count). The summed E-state index contributed by atoms with van der Waals surface area (Å²) in [5, 5.41) is 14.0. The van der Waals surface area contributed by atoms with Gasteiger partial charge in [-0.2, -0.15) is 0 Å². The van der Waals surface area contributed by atoms with Crippen molar-refractivity contribution in [3.8, 4) is 5.82 Å². The summed E-state index contributed by atoms with van der Waals surface area (Å²) in [5.74, 6) is 0.289. The maximum atomic E-state index is 10.3. The first-order valence-corrected chi connectivity index (χ1v) is 3.74. The zero-order valence-corrected chi connectivity index (χ0v) is 6.94. The van der Waals surface area contributed by atoms with E-state index < -0.39 is 4.92 Å². The molecule has 14 heavy (non-hydrogen) atoms. The lowest BCUT2D eigenvalue weighted by Gasteiger charge is -1.91. The van der Waals surface area contributed by atoms with Crippen LogP contribution >= 0.6 is 0 Å². The van der Waals surface area contributed by atoms with E-state index in [2.05, 4.69) is 15.1 Å². The highest BCUT2D eigenvalue weighted by Gasteiger charge is 2.11. The normalized spacial score (nSPS) is 10.0. The van der Waals surface area contributed by atoms with Gasteiger partial charge in [0.25, 0.3) is 0 Å². The summed E-state index contributed by atoms with van der Waals surface area (Å²) in [6.45, 7) is 0. The first-order chi connectivity index (χ1) is 6.77. The minimum atomic E-state index is -0.558. The van der Waals surface area contributed by atoms with Crippen LogP contribution in [0.2, 0.25) is 0 Å². The second kappa shape index (κ2) is 3.21.